The second-order valence-corrected chi connectivity index (χ2v) is 4.95. The van der Waals surface area contributed by atoms with E-state index in [1.807, 2.05) is 19.1 Å². The number of piperidine rings is 1. The van der Waals surface area contributed by atoms with Gasteiger partial charge in [-0.05, 0) is 57.3 Å². The molecule has 0 aromatic carbocycles. The highest BCUT2D eigenvalue weighted by atomic mass is 16.1. The second kappa shape index (κ2) is 6.50. The van der Waals surface area contributed by atoms with Gasteiger partial charge in [0.1, 0.15) is 0 Å². The SMILES string of the molecule is Cc1ccc(C(=O)NCCC2CCCNC2)cn1. The van der Waals surface area contributed by atoms with Crippen LogP contribution in [0.25, 0.3) is 0 Å². The van der Waals surface area contributed by atoms with E-state index in [0.717, 1.165) is 31.7 Å². The fourth-order valence-corrected chi connectivity index (χ4v) is 2.26. The fraction of sp³-hybridized carbons (Fsp3) is 0.571. The summed E-state index contributed by atoms with van der Waals surface area (Å²) in [6, 6.07) is 3.68. The minimum absolute atomic E-state index is 0.0220. The molecule has 1 fully saturated rings. The first-order valence-corrected chi connectivity index (χ1v) is 6.67. The van der Waals surface area contributed by atoms with E-state index >= 15 is 0 Å². The molecule has 0 radical (unpaired) electrons. The summed E-state index contributed by atoms with van der Waals surface area (Å²) < 4.78 is 0. The minimum atomic E-state index is -0.0220. The van der Waals surface area contributed by atoms with Crippen molar-refractivity contribution in [2.75, 3.05) is 19.6 Å². The third-order valence-corrected chi connectivity index (χ3v) is 3.41. The Kier molecular flexibility index (Phi) is 4.70. The van der Waals surface area contributed by atoms with Gasteiger partial charge in [0.05, 0.1) is 5.56 Å². The quantitative estimate of drug-likeness (QED) is 0.848. The van der Waals surface area contributed by atoms with Crippen molar-refractivity contribution in [2.45, 2.75) is 26.2 Å². The zero-order valence-corrected chi connectivity index (χ0v) is 10.9. The molecule has 18 heavy (non-hydrogen) atoms. The molecule has 1 aliphatic heterocycles. The van der Waals surface area contributed by atoms with Crippen LogP contribution in [0.5, 0.6) is 0 Å². The van der Waals surface area contributed by atoms with Gasteiger partial charge in [-0.1, -0.05) is 0 Å². The molecular formula is C14H21N3O. The number of pyridine rings is 1. The number of carbonyl (C=O) groups is 1. The van der Waals surface area contributed by atoms with Crippen molar-refractivity contribution < 1.29 is 4.79 Å². The third-order valence-electron chi connectivity index (χ3n) is 3.41. The van der Waals surface area contributed by atoms with E-state index in [0.29, 0.717) is 11.5 Å². The zero-order valence-electron chi connectivity index (χ0n) is 10.9. The van der Waals surface area contributed by atoms with Gasteiger partial charge in [0, 0.05) is 18.4 Å². The molecule has 1 aromatic rings. The Morgan fingerprint density at radius 2 is 2.44 bits per heavy atom. The average Bonchev–Trinajstić information content (AvgIpc) is 2.40. The number of amides is 1. The molecule has 98 valence electrons. The maximum atomic E-state index is 11.8. The van der Waals surface area contributed by atoms with Crippen LogP contribution in [0.4, 0.5) is 0 Å². The maximum Gasteiger partial charge on any atom is 0.252 e. The normalized spacial score (nSPS) is 19.5. The van der Waals surface area contributed by atoms with Crippen LogP contribution in [0, 0.1) is 12.8 Å². The monoisotopic (exact) mass is 247 g/mol. The van der Waals surface area contributed by atoms with Crippen molar-refractivity contribution in [3.63, 3.8) is 0 Å². The van der Waals surface area contributed by atoms with Crippen LogP contribution in [0.3, 0.4) is 0 Å². The van der Waals surface area contributed by atoms with Crippen LogP contribution in [0.2, 0.25) is 0 Å². The van der Waals surface area contributed by atoms with E-state index in [9.17, 15) is 4.79 Å². The maximum absolute atomic E-state index is 11.8. The first-order chi connectivity index (χ1) is 8.75. The molecule has 1 atom stereocenters. The summed E-state index contributed by atoms with van der Waals surface area (Å²) in [4.78, 5) is 16.0. The van der Waals surface area contributed by atoms with E-state index in [1.54, 1.807) is 6.20 Å². The number of hydrogen-bond donors (Lipinski definition) is 2. The lowest BCUT2D eigenvalue weighted by Gasteiger charge is -2.22. The largest absolute Gasteiger partial charge is 0.352 e. The molecule has 0 bridgehead atoms. The number of nitrogens with one attached hydrogen (secondary N) is 2. The number of hydrogen-bond acceptors (Lipinski definition) is 3. The molecule has 1 aromatic heterocycles. The van der Waals surface area contributed by atoms with Crippen molar-refractivity contribution in [3.8, 4) is 0 Å². The van der Waals surface area contributed by atoms with Crippen molar-refractivity contribution in [1.82, 2.24) is 15.6 Å². The third kappa shape index (κ3) is 3.81. The Labute approximate surface area is 108 Å². The summed E-state index contributed by atoms with van der Waals surface area (Å²) in [7, 11) is 0. The average molecular weight is 247 g/mol. The number of rotatable bonds is 4. The molecule has 0 spiro atoms. The first kappa shape index (κ1) is 13.0. The highest BCUT2D eigenvalue weighted by molar-refractivity contribution is 5.93. The molecule has 1 unspecified atom stereocenters. The van der Waals surface area contributed by atoms with E-state index in [1.165, 1.54) is 12.8 Å². The standard InChI is InChI=1S/C14H21N3O/c1-11-4-5-13(10-17-11)14(18)16-8-6-12-3-2-7-15-9-12/h4-5,10,12,15H,2-3,6-9H2,1H3,(H,16,18). The second-order valence-electron chi connectivity index (χ2n) is 4.95. The van der Waals surface area contributed by atoms with E-state index < -0.39 is 0 Å². The molecule has 2 N–H and O–H groups in total. The molecular weight excluding hydrogens is 226 g/mol. The summed E-state index contributed by atoms with van der Waals surface area (Å²) in [6.07, 6.45) is 5.21. The predicted molar refractivity (Wildman–Crippen MR) is 71.5 cm³/mol. The summed E-state index contributed by atoms with van der Waals surface area (Å²) in [5.74, 6) is 0.682. The summed E-state index contributed by atoms with van der Waals surface area (Å²) in [5, 5.41) is 6.35. The molecule has 4 nitrogen and oxygen atoms in total. The Balaban J connectivity index is 1.72. The molecule has 1 saturated heterocycles. The molecule has 4 heteroatoms. The van der Waals surface area contributed by atoms with Crippen LogP contribution >= 0.6 is 0 Å². The Morgan fingerprint density at radius 3 is 3.11 bits per heavy atom. The van der Waals surface area contributed by atoms with Gasteiger partial charge in [-0.25, -0.2) is 0 Å². The number of nitrogens with zero attached hydrogens (tertiary/aromatic N) is 1. The Hall–Kier alpha value is -1.42. The van der Waals surface area contributed by atoms with Crippen LogP contribution in [0.1, 0.15) is 35.3 Å². The van der Waals surface area contributed by atoms with Crippen molar-refractivity contribution in [2.24, 2.45) is 5.92 Å². The highest BCUT2D eigenvalue weighted by Crippen LogP contribution is 2.12. The predicted octanol–water partition coefficient (Wildman–Crippen LogP) is 1.51. The Morgan fingerprint density at radius 1 is 1.56 bits per heavy atom. The number of aryl methyl sites for hydroxylation is 1. The van der Waals surface area contributed by atoms with Crippen molar-refractivity contribution in [1.29, 1.82) is 0 Å². The van der Waals surface area contributed by atoms with Gasteiger partial charge in [-0.15, -0.1) is 0 Å². The summed E-state index contributed by atoms with van der Waals surface area (Å²) in [6.45, 7) is 4.89. The van der Waals surface area contributed by atoms with Crippen LogP contribution in [-0.2, 0) is 0 Å². The topological polar surface area (TPSA) is 54.0 Å². The van der Waals surface area contributed by atoms with Crippen LogP contribution < -0.4 is 10.6 Å². The van der Waals surface area contributed by atoms with E-state index in [2.05, 4.69) is 15.6 Å². The zero-order chi connectivity index (χ0) is 12.8. The first-order valence-electron chi connectivity index (χ1n) is 6.67. The van der Waals surface area contributed by atoms with Gasteiger partial charge < -0.3 is 10.6 Å². The van der Waals surface area contributed by atoms with Crippen LogP contribution in [-0.4, -0.2) is 30.5 Å². The highest BCUT2D eigenvalue weighted by Gasteiger charge is 2.13. The van der Waals surface area contributed by atoms with Crippen molar-refractivity contribution in [3.05, 3.63) is 29.6 Å². The van der Waals surface area contributed by atoms with Gasteiger partial charge in [0.2, 0.25) is 0 Å². The van der Waals surface area contributed by atoms with E-state index in [-0.39, 0.29) is 5.91 Å². The molecule has 2 heterocycles. The lowest BCUT2D eigenvalue weighted by molar-refractivity contribution is 0.0950. The van der Waals surface area contributed by atoms with Gasteiger partial charge in [-0.3, -0.25) is 9.78 Å². The molecule has 1 amide bonds. The molecule has 2 rings (SSSR count). The smallest absolute Gasteiger partial charge is 0.252 e. The molecule has 1 aliphatic rings. The number of aromatic nitrogens is 1. The molecule has 0 aliphatic carbocycles. The fourth-order valence-electron chi connectivity index (χ4n) is 2.26. The van der Waals surface area contributed by atoms with Gasteiger partial charge in [0.25, 0.3) is 5.91 Å². The molecule has 0 saturated carbocycles. The Bertz CT molecular complexity index is 383. The minimum Gasteiger partial charge on any atom is -0.352 e. The van der Waals surface area contributed by atoms with Crippen molar-refractivity contribution >= 4 is 5.91 Å². The van der Waals surface area contributed by atoms with E-state index in [4.69, 9.17) is 0 Å². The van der Waals surface area contributed by atoms with Gasteiger partial charge >= 0.3 is 0 Å². The van der Waals surface area contributed by atoms with Gasteiger partial charge in [-0.2, -0.15) is 0 Å². The summed E-state index contributed by atoms with van der Waals surface area (Å²) >= 11 is 0. The number of carbonyl (C=O) groups excluding carboxylic acids is 1. The lowest BCUT2D eigenvalue weighted by atomic mass is 9.96. The summed E-state index contributed by atoms with van der Waals surface area (Å²) in [5.41, 5.74) is 1.57. The van der Waals surface area contributed by atoms with Gasteiger partial charge in [0.15, 0.2) is 0 Å². The lowest BCUT2D eigenvalue weighted by Crippen LogP contribution is -2.33. The van der Waals surface area contributed by atoms with Crippen LogP contribution in [0.15, 0.2) is 18.3 Å².